The first kappa shape index (κ1) is 15.7. The predicted molar refractivity (Wildman–Crippen MR) is 84.8 cm³/mol. The minimum atomic E-state index is -4.90. The zero-order chi connectivity index (χ0) is 18.2. The first-order chi connectivity index (χ1) is 12.4. The van der Waals surface area contributed by atoms with Crippen molar-refractivity contribution in [3.05, 3.63) is 48.6 Å². The SMILES string of the molecule is O=C1C2C3C=CC(C4C=CC43)C2C(=O)N1c1ccccc1OC(F)(F)F. The molecule has 0 N–H and O–H groups in total. The van der Waals surface area contributed by atoms with E-state index in [1.807, 2.05) is 12.2 Å². The van der Waals surface area contributed by atoms with Crippen molar-refractivity contribution < 1.29 is 27.5 Å². The van der Waals surface area contributed by atoms with Crippen molar-refractivity contribution in [1.82, 2.24) is 0 Å². The highest BCUT2D eigenvalue weighted by molar-refractivity contribution is 6.23. The number of alkyl halides is 3. The summed E-state index contributed by atoms with van der Waals surface area (Å²) in [5.41, 5.74) is -0.145. The molecule has 5 aliphatic rings. The average Bonchev–Trinajstić information content (AvgIpc) is 2.79. The Hall–Kier alpha value is -2.57. The largest absolute Gasteiger partial charge is 0.573 e. The summed E-state index contributed by atoms with van der Waals surface area (Å²) in [6.07, 6.45) is 3.19. The molecular formula is C19H14F3NO3. The summed E-state index contributed by atoms with van der Waals surface area (Å²) in [5.74, 6) is -2.09. The third-order valence-electron chi connectivity index (χ3n) is 6.00. The van der Waals surface area contributed by atoms with Crippen LogP contribution in [0, 0.1) is 35.5 Å². The van der Waals surface area contributed by atoms with Crippen molar-refractivity contribution in [3.8, 4) is 5.75 Å². The highest BCUT2D eigenvalue weighted by Gasteiger charge is 2.63. The molecule has 0 radical (unpaired) electrons. The quantitative estimate of drug-likeness (QED) is 0.600. The zero-order valence-corrected chi connectivity index (χ0v) is 13.4. The van der Waals surface area contributed by atoms with Gasteiger partial charge in [-0.05, 0) is 35.8 Å². The highest BCUT2D eigenvalue weighted by atomic mass is 19.4. The number of anilines is 1. The van der Waals surface area contributed by atoms with Crippen LogP contribution in [0.5, 0.6) is 5.75 Å². The van der Waals surface area contributed by atoms with Gasteiger partial charge in [-0.15, -0.1) is 13.2 Å². The maximum absolute atomic E-state index is 13.0. The van der Waals surface area contributed by atoms with Crippen molar-refractivity contribution in [1.29, 1.82) is 0 Å². The Morgan fingerprint density at radius 1 is 0.808 bits per heavy atom. The standard InChI is InChI=1S/C19H14F3NO3/c20-19(21,22)26-14-4-2-1-3-13(14)23-17(24)15-11-7-8-12(16(15)18(23)25)10-6-5-9(10)11/h1-12,15-16H. The lowest BCUT2D eigenvalue weighted by atomic mass is 9.50. The van der Waals surface area contributed by atoms with Gasteiger partial charge < -0.3 is 4.74 Å². The third-order valence-corrected chi connectivity index (χ3v) is 6.00. The number of imide groups is 1. The number of para-hydroxylation sites is 2. The van der Waals surface area contributed by atoms with E-state index in [1.165, 1.54) is 18.2 Å². The average molecular weight is 361 g/mol. The molecule has 7 heteroatoms. The van der Waals surface area contributed by atoms with Crippen LogP contribution in [0.15, 0.2) is 48.6 Å². The van der Waals surface area contributed by atoms with Gasteiger partial charge in [0.25, 0.3) is 0 Å². The number of carbonyl (C=O) groups excluding carboxylic acids is 2. The lowest BCUT2D eigenvalue weighted by Gasteiger charge is -2.51. The Balaban J connectivity index is 1.55. The summed E-state index contributed by atoms with van der Waals surface area (Å²) in [6, 6.07) is 5.29. The monoisotopic (exact) mass is 361 g/mol. The number of rotatable bonds is 2. The minimum Gasteiger partial charge on any atom is -0.404 e. The molecule has 26 heavy (non-hydrogen) atoms. The normalized spacial score (nSPS) is 36.8. The molecule has 4 aliphatic carbocycles. The molecular weight excluding hydrogens is 347 g/mol. The number of ether oxygens (including phenoxy) is 1. The van der Waals surface area contributed by atoms with Crippen molar-refractivity contribution in [2.75, 3.05) is 4.90 Å². The van der Waals surface area contributed by atoms with Gasteiger partial charge in [0.05, 0.1) is 17.5 Å². The molecule has 6 rings (SSSR count). The first-order valence-corrected chi connectivity index (χ1v) is 8.46. The number of hydrogen-bond acceptors (Lipinski definition) is 3. The Labute approximate surface area is 146 Å². The fourth-order valence-corrected chi connectivity index (χ4v) is 4.98. The first-order valence-electron chi connectivity index (χ1n) is 8.46. The predicted octanol–water partition coefficient (Wildman–Crippen LogP) is 3.31. The van der Waals surface area contributed by atoms with E-state index in [4.69, 9.17) is 0 Å². The van der Waals surface area contributed by atoms with Crippen LogP contribution in [-0.2, 0) is 9.59 Å². The maximum Gasteiger partial charge on any atom is 0.573 e. The van der Waals surface area contributed by atoms with Crippen LogP contribution < -0.4 is 9.64 Å². The fourth-order valence-electron chi connectivity index (χ4n) is 4.98. The van der Waals surface area contributed by atoms with Gasteiger partial charge in [-0.1, -0.05) is 36.4 Å². The summed E-state index contributed by atoms with van der Waals surface area (Å²) < 4.78 is 42.2. The lowest BCUT2D eigenvalue weighted by Crippen LogP contribution is -2.50. The molecule has 4 nitrogen and oxygen atoms in total. The summed E-state index contributed by atoms with van der Waals surface area (Å²) in [6.45, 7) is 0. The maximum atomic E-state index is 13.0. The van der Waals surface area contributed by atoms with Crippen LogP contribution in [-0.4, -0.2) is 18.2 Å². The molecule has 1 saturated heterocycles. The van der Waals surface area contributed by atoms with E-state index in [-0.39, 0.29) is 29.4 Å². The van der Waals surface area contributed by atoms with E-state index in [0.29, 0.717) is 0 Å². The molecule has 1 saturated carbocycles. The van der Waals surface area contributed by atoms with Gasteiger partial charge in [0.15, 0.2) is 5.75 Å². The Bertz CT molecular complexity index is 835. The van der Waals surface area contributed by atoms with Gasteiger partial charge in [0.1, 0.15) is 0 Å². The zero-order valence-electron chi connectivity index (χ0n) is 13.4. The second kappa shape index (κ2) is 4.99. The molecule has 2 fully saturated rings. The summed E-state index contributed by atoms with van der Waals surface area (Å²) in [7, 11) is 0. The van der Waals surface area contributed by atoms with Crippen LogP contribution >= 0.6 is 0 Å². The van der Waals surface area contributed by atoms with Gasteiger partial charge in [-0.25, -0.2) is 4.90 Å². The Morgan fingerprint density at radius 3 is 1.81 bits per heavy atom. The molecule has 0 aromatic heterocycles. The van der Waals surface area contributed by atoms with E-state index < -0.39 is 35.8 Å². The lowest BCUT2D eigenvalue weighted by molar-refractivity contribution is -0.274. The Morgan fingerprint density at radius 2 is 1.31 bits per heavy atom. The molecule has 0 spiro atoms. The number of amides is 2. The van der Waals surface area contributed by atoms with Gasteiger partial charge in [0.2, 0.25) is 11.8 Å². The molecule has 1 aromatic rings. The Kier molecular flexibility index (Phi) is 3.01. The van der Waals surface area contributed by atoms with Crippen LogP contribution in [0.25, 0.3) is 0 Å². The smallest absolute Gasteiger partial charge is 0.404 e. The van der Waals surface area contributed by atoms with Crippen LogP contribution in [0.2, 0.25) is 0 Å². The molecule has 2 amide bonds. The number of benzene rings is 1. The van der Waals surface area contributed by atoms with Crippen LogP contribution in [0.1, 0.15) is 0 Å². The number of allylic oxidation sites excluding steroid dienone is 4. The van der Waals surface area contributed by atoms with Crippen molar-refractivity contribution >= 4 is 17.5 Å². The third kappa shape index (κ3) is 1.97. The topological polar surface area (TPSA) is 46.6 Å². The minimum absolute atomic E-state index is 0.0721. The molecule has 1 aliphatic heterocycles. The highest BCUT2D eigenvalue weighted by Crippen LogP contribution is 2.59. The number of hydrogen-bond donors (Lipinski definition) is 0. The van der Waals surface area contributed by atoms with E-state index in [9.17, 15) is 22.8 Å². The summed E-state index contributed by atoms with van der Waals surface area (Å²) in [4.78, 5) is 27.0. The summed E-state index contributed by atoms with van der Waals surface area (Å²) in [5, 5.41) is 0. The van der Waals surface area contributed by atoms with Gasteiger partial charge in [0, 0.05) is 0 Å². The van der Waals surface area contributed by atoms with Crippen LogP contribution in [0.4, 0.5) is 18.9 Å². The fraction of sp³-hybridized carbons (Fsp3) is 0.368. The molecule has 2 bridgehead atoms. The second-order valence-electron chi connectivity index (χ2n) is 7.16. The molecule has 6 atom stereocenters. The summed E-state index contributed by atoms with van der Waals surface area (Å²) >= 11 is 0. The van der Waals surface area contributed by atoms with Crippen molar-refractivity contribution in [2.24, 2.45) is 35.5 Å². The molecule has 134 valence electrons. The molecule has 1 aromatic carbocycles. The van der Waals surface area contributed by atoms with Crippen LogP contribution in [0.3, 0.4) is 0 Å². The molecule has 6 unspecified atom stereocenters. The van der Waals surface area contributed by atoms with E-state index >= 15 is 0 Å². The number of nitrogens with zero attached hydrogens (tertiary/aromatic N) is 1. The van der Waals surface area contributed by atoms with E-state index in [1.54, 1.807) is 0 Å². The number of carbonyl (C=O) groups is 2. The van der Waals surface area contributed by atoms with Gasteiger partial charge in [-0.3, -0.25) is 9.59 Å². The van der Waals surface area contributed by atoms with Gasteiger partial charge in [-0.2, -0.15) is 0 Å². The van der Waals surface area contributed by atoms with E-state index in [2.05, 4.69) is 16.9 Å². The number of halogens is 3. The van der Waals surface area contributed by atoms with E-state index in [0.717, 1.165) is 11.0 Å². The van der Waals surface area contributed by atoms with Crippen molar-refractivity contribution in [2.45, 2.75) is 6.36 Å². The van der Waals surface area contributed by atoms with Crippen molar-refractivity contribution in [3.63, 3.8) is 0 Å². The second-order valence-corrected chi connectivity index (χ2v) is 7.16. The molecule has 1 heterocycles. The van der Waals surface area contributed by atoms with Gasteiger partial charge >= 0.3 is 6.36 Å².